The van der Waals surface area contributed by atoms with Crippen molar-refractivity contribution < 1.29 is 31.1 Å². The summed E-state index contributed by atoms with van der Waals surface area (Å²) in [5, 5.41) is 3.00. The molecule has 0 radical (unpaired) electrons. The third kappa shape index (κ3) is 6.85. The highest BCUT2D eigenvalue weighted by atomic mass is 35.5. The highest BCUT2D eigenvalue weighted by Gasteiger charge is 2.25. The molecule has 0 bridgehead atoms. The minimum absolute atomic E-state index is 0.0365. The van der Waals surface area contributed by atoms with E-state index in [-0.39, 0.29) is 22.0 Å². The average molecular weight is 568 g/mol. The molecule has 0 spiro atoms. The molecule has 3 aromatic carbocycles. The number of hydrogen-bond donors (Lipinski definition) is 2. The zero-order valence-electron chi connectivity index (χ0n) is 20.5. The van der Waals surface area contributed by atoms with Crippen molar-refractivity contribution in [1.29, 1.82) is 0 Å². The third-order valence-corrected chi connectivity index (χ3v) is 8.22. The Morgan fingerprint density at radius 2 is 1.65 bits per heavy atom. The fraction of sp³-hybridized carbons (Fsp3) is 0.208. The number of ether oxygens (including phenoxy) is 2. The van der Waals surface area contributed by atoms with Gasteiger partial charge >= 0.3 is 0 Å². The first-order valence-electron chi connectivity index (χ1n) is 10.7. The van der Waals surface area contributed by atoms with Crippen LogP contribution in [0.4, 0.5) is 17.1 Å². The van der Waals surface area contributed by atoms with E-state index in [1.165, 1.54) is 50.6 Å². The molecule has 0 atom stereocenters. The van der Waals surface area contributed by atoms with E-state index in [4.69, 9.17) is 21.1 Å². The van der Waals surface area contributed by atoms with E-state index in [0.717, 1.165) is 10.6 Å². The number of hydrogen-bond acceptors (Lipinski definition) is 7. The van der Waals surface area contributed by atoms with Gasteiger partial charge in [-0.15, -0.1) is 0 Å². The van der Waals surface area contributed by atoms with E-state index in [9.17, 15) is 21.6 Å². The monoisotopic (exact) mass is 567 g/mol. The van der Waals surface area contributed by atoms with Crippen LogP contribution in [0.15, 0.2) is 65.6 Å². The number of carbonyl (C=O) groups excluding carboxylic acids is 1. The Morgan fingerprint density at radius 1 is 0.973 bits per heavy atom. The van der Waals surface area contributed by atoms with E-state index >= 15 is 0 Å². The van der Waals surface area contributed by atoms with Crippen LogP contribution in [0.1, 0.15) is 5.56 Å². The summed E-state index contributed by atoms with van der Waals surface area (Å²) >= 11 is 6.06. The van der Waals surface area contributed by atoms with Crippen LogP contribution < -0.4 is 23.8 Å². The van der Waals surface area contributed by atoms with Crippen molar-refractivity contribution in [3.63, 3.8) is 0 Å². The van der Waals surface area contributed by atoms with Gasteiger partial charge in [-0.3, -0.25) is 13.8 Å². The molecule has 0 aliphatic carbocycles. The van der Waals surface area contributed by atoms with Gasteiger partial charge in [-0.2, -0.15) is 0 Å². The molecule has 3 aromatic rings. The molecule has 0 fully saturated rings. The molecule has 0 aliphatic rings. The Balaban J connectivity index is 1.77. The number of methoxy groups -OCH3 is 2. The van der Waals surface area contributed by atoms with E-state index in [1.54, 1.807) is 31.2 Å². The van der Waals surface area contributed by atoms with Gasteiger partial charge in [0.15, 0.2) is 0 Å². The van der Waals surface area contributed by atoms with Gasteiger partial charge in [0.1, 0.15) is 18.0 Å². The van der Waals surface area contributed by atoms with Gasteiger partial charge < -0.3 is 14.8 Å². The van der Waals surface area contributed by atoms with Crippen LogP contribution in [-0.4, -0.2) is 49.8 Å². The van der Waals surface area contributed by atoms with Crippen molar-refractivity contribution in [2.75, 3.05) is 41.4 Å². The summed E-state index contributed by atoms with van der Waals surface area (Å²) in [4.78, 5) is 12.7. The van der Waals surface area contributed by atoms with E-state index in [1.807, 2.05) is 0 Å². The van der Waals surface area contributed by atoms with Gasteiger partial charge in [-0.1, -0.05) is 17.7 Å². The first-order chi connectivity index (χ1) is 17.4. The van der Waals surface area contributed by atoms with Crippen molar-refractivity contribution in [3.8, 4) is 11.5 Å². The fourth-order valence-corrected chi connectivity index (χ4v) is 5.50. The number of sulfonamides is 2. The van der Waals surface area contributed by atoms with Crippen LogP contribution in [0.3, 0.4) is 0 Å². The lowest BCUT2D eigenvalue weighted by Crippen LogP contribution is -2.37. The summed E-state index contributed by atoms with van der Waals surface area (Å²) in [5.41, 5.74) is 1.36. The van der Waals surface area contributed by atoms with Crippen LogP contribution in [0, 0.1) is 6.92 Å². The van der Waals surface area contributed by atoms with Gasteiger partial charge in [0.25, 0.3) is 10.0 Å². The minimum atomic E-state index is -3.92. The van der Waals surface area contributed by atoms with E-state index in [0.29, 0.717) is 22.0 Å². The summed E-state index contributed by atoms with van der Waals surface area (Å²) in [6.45, 7) is 1.15. The summed E-state index contributed by atoms with van der Waals surface area (Å²) in [6.07, 6.45) is 0.970. The number of amides is 1. The highest BCUT2D eigenvalue weighted by Crippen LogP contribution is 2.33. The molecule has 198 valence electrons. The molecule has 2 N–H and O–H groups in total. The molecule has 0 unspecified atom stereocenters. The largest absolute Gasteiger partial charge is 0.497 e. The van der Waals surface area contributed by atoms with Gasteiger partial charge in [-0.25, -0.2) is 16.8 Å². The normalized spacial score (nSPS) is 11.5. The highest BCUT2D eigenvalue weighted by molar-refractivity contribution is 7.92. The Bertz CT molecular complexity index is 1510. The van der Waals surface area contributed by atoms with Crippen molar-refractivity contribution in [3.05, 3.63) is 71.2 Å². The van der Waals surface area contributed by atoms with Crippen molar-refractivity contribution >= 4 is 54.6 Å². The van der Waals surface area contributed by atoms with E-state index < -0.39 is 32.5 Å². The van der Waals surface area contributed by atoms with Crippen LogP contribution in [0.25, 0.3) is 0 Å². The summed E-state index contributed by atoms with van der Waals surface area (Å²) in [7, 11) is -4.95. The van der Waals surface area contributed by atoms with Crippen LogP contribution in [0.2, 0.25) is 5.02 Å². The third-order valence-electron chi connectivity index (χ3n) is 5.30. The number of nitrogens with one attached hydrogen (secondary N) is 2. The van der Waals surface area contributed by atoms with Crippen LogP contribution >= 0.6 is 11.6 Å². The second-order valence-electron chi connectivity index (χ2n) is 7.90. The molecule has 10 nitrogen and oxygen atoms in total. The molecule has 37 heavy (non-hydrogen) atoms. The summed E-state index contributed by atoms with van der Waals surface area (Å²) in [5.74, 6) is 0.00899. The standard InChI is InChI=1S/C24H26ClN3O7S2/c1-16-20(25)6-5-7-21(16)27-37(32,33)19-11-8-17(9-12-19)26-24(29)15-28(36(4,30)31)22-13-10-18(34-2)14-23(22)35-3/h5-14,27H,15H2,1-4H3,(H,26,29). The van der Waals surface area contributed by atoms with Crippen LogP contribution in [-0.2, 0) is 24.8 Å². The zero-order chi connectivity index (χ0) is 27.4. The molecule has 0 aromatic heterocycles. The predicted octanol–water partition coefficient (Wildman–Crippen LogP) is 3.87. The number of benzene rings is 3. The molecule has 0 saturated heterocycles. The smallest absolute Gasteiger partial charge is 0.261 e. The molecular weight excluding hydrogens is 542 g/mol. The maximum absolute atomic E-state index is 12.8. The second-order valence-corrected chi connectivity index (χ2v) is 11.9. The lowest BCUT2D eigenvalue weighted by Gasteiger charge is -2.24. The van der Waals surface area contributed by atoms with Gasteiger partial charge in [0.05, 0.1) is 36.7 Å². The SMILES string of the molecule is COc1ccc(N(CC(=O)Nc2ccc(S(=O)(=O)Nc3cccc(Cl)c3C)cc2)S(C)(=O)=O)c(OC)c1. The lowest BCUT2D eigenvalue weighted by atomic mass is 10.2. The quantitative estimate of drug-likeness (QED) is 0.380. The topological polar surface area (TPSA) is 131 Å². The maximum Gasteiger partial charge on any atom is 0.261 e. The number of carbonyl (C=O) groups is 1. The van der Waals surface area contributed by atoms with Gasteiger partial charge in [0.2, 0.25) is 15.9 Å². The molecule has 0 heterocycles. The average Bonchev–Trinajstić information content (AvgIpc) is 2.84. The van der Waals surface area contributed by atoms with Gasteiger partial charge in [0, 0.05) is 16.8 Å². The first-order valence-corrected chi connectivity index (χ1v) is 14.4. The number of halogens is 1. The predicted molar refractivity (Wildman–Crippen MR) is 144 cm³/mol. The Morgan fingerprint density at radius 3 is 2.24 bits per heavy atom. The molecular formula is C24H26ClN3O7S2. The molecule has 0 saturated carbocycles. The Hall–Kier alpha value is -3.48. The number of anilines is 3. The lowest BCUT2D eigenvalue weighted by molar-refractivity contribution is -0.114. The summed E-state index contributed by atoms with van der Waals surface area (Å²) in [6, 6.07) is 14.8. The second kappa shape index (κ2) is 11.3. The zero-order valence-corrected chi connectivity index (χ0v) is 22.9. The van der Waals surface area contributed by atoms with Crippen molar-refractivity contribution in [2.24, 2.45) is 0 Å². The Labute approximate surface area is 221 Å². The maximum atomic E-state index is 12.8. The molecule has 0 aliphatic heterocycles. The molecule has 13 heteroatoms. The Kier molecular flexibility index (Phi) is 8.57. The minimum Gasteiger partial charge on any atom is -0.497 e. The van der Waals surface area contributed by atoms with E-state index in [2.05, 4.69) is 10.0 Å². The van der Waals surface area contributed by atoms with Gasteiger partial charge in [-0.05, 0) is 61.0 Å². The molecule has 1 amide bonds. The number of nitrogens with zero attached hydrogens (tertiary/aromatic N) is 1. The molecule has 3 rings (SSSR count). The first kappa shape index (κ1) is 28.1. The van der Waals surface area contributed by atoms with Crippen LogP contribution in [0.5, 0.6) is 11.5 Å². The van der Waals surface area contributed by atoms with Crippen molar-refractivity contribution in [1.82, 2.24) is 0 Å². The number of rotatable bonds is 10. The summed E-state index contributed by atoms with van der Waals surface area (Å²) < 4.78 is 64.3. The fourth-order valence-electron chi connectivity index (χ4n) is 3.34. The van der Waals surface area contributed by atoms with Crippen molar-refractivity contribution in [2.45, 2.75) is 11.8 Å².